The number of carboxylic acid groups (broad SMARTS) is 1. The maximum absolute atomic E-state index is 11.0. The van der Waals surface area contributed by atoms with Gasteiger partial charge in [0, 0.05) is 17.5 Å². The van der Waals surface area contributed by atoms with Crippen molar-refractivity contribution in [3.8, 4) is 11.5 Å². The van der Waals surface area contributed by atoms with Crippen LogP contribution in [0.4, 0.5) is 0 Å². The van der Waals surface area contributed by atoms with Gasteiger partial charge < -0.3 is 14.4 Å². The maximum atomic E-state index is 11.0. The number of aromatic carboxylic acids is 1. The predicted octanol–water partition coefficient (Wildman–Crippen LogP) is 1.44. The second-order valence-corrected chi connectivity index (χ2v) is 3.95. The lowest BCUT2D eigenvalue weighted by Crippen LogP contribution is -2.22. The van der Waals surface area contributed by atoms with Crippen LogP contribution in [0.3, 0.4) is 0 Å². The molecular weight excluding hydrogens is 232 g/mol. The van der Waals surface area contributed by atoms with E-state index in [4.69, 9.17) is 4.52 Å². The first-order chi connectivity index (χ1) is 8.72. The zero-order valence-electron chi connectivity index (χ0n) is 10.0. The number of hydrogen-bond donors (Lipinski definition) is 0. The SMILES string of the molecule is CCCCc1noc(-c2ccccc2C(=O)[O-])n1. The number of carbonyl (C=O) groups excluding carboxylic acids is 1. The number of unbranched alkanes of at least 4 members (excludes halogenated alkanes) is 1. The van der Waals surface area contributed by atoms with Crippen molar-refractivity contribution < 1.29 is 14.4 Å². The van der Waals surface area contributed by atoms with E-state index in [0.717, 1.165) is 19.3 Å². The highest BCUT2D eigenvalue weighted by Gasteiger charge is 2.12. The Balaban J connectivity index is 2.31. The Kier molecular flexibility index (Phi) is 3.72. The van der Waals surface area contributed by atoms with Crippen molar-refractivity contribution in [1.29, 1.82) is 0 Å². The second-order valence-electron chi connectivity index (χ2n) is 3.95. The fourth-order valence-electron chi connectivity index (χ4n) is 1.65. The third-order valence-electron chi connectivity index (χ3n) is 2.60. The molecule has 94 valence electrons. The van der Waals surface area contributed by atoms with Crippen LogP contribution in [0.1, 0.15) is 35.9 Å². The topological polar surface area (TPSA) is 79.0 Å². The van der Waals surface area contributed by atoms with Crippen LogP contribution in [0.15, 0.2) is 28.8 Å². The van der Waals surface area contributed by atoms with Gasteiger partial charge in [0.1, 0.15) is 0 Å². The highest BCUT2D eigenvalue weighted by Crippen LogP contribution is 2.21. The summed E-state index contributed by atoms with van der Waals surface area (Å²) >= 11 is 0. The molecule has 18 heavy (non-hydrogen) atoms. The minimum atomic E-state index is -1.25. The Morgan fingerprint density at radius 1 is 1.39 bits per heavy atom. The van der Waals surface area contributed by atoms with Gasteiger partial charge in [-0.1, -0.05) is 36.7 Å². The van der Waals surface area contributed by atoms with E-state index in [1.165, 1.54) is 6.07 Å². The van der Waals surface area contributed by atoms with Crippen LogP contribution < -0.4 is 5.11 Å². The zero-order valence-corrected chi connectivity index (χ0v) is 10.0. The van der Waals surface area contributed by atoms with Crippen molar-refractivity contribution in [3.05, 3.63) is 35.7 Å². The predicted molar refractivity (Wildman–Crippen MR) is 62.7 cm³/mol. The number of carbonyl (C=O) groups is 1. The van der Waals surface area contributed by atoms with E-state index in [1.54, 1.807) is 18.2 Å². The van der Waals surface area contributed by atoms with Gasteiger partial charge in [-0.15, -0.1) is 0 Å². The maximum Gasteiger partial charge on any atom is 0.258 e. The monoisotopic (exact) mass is 245 g/mol. The van der Waals surface area contributed by atoms with Crippen molar-refractivity contribution in [1.82, 2.24) is 10.1 Å². The Labute approximate surface area is 104 Å². The summed E-state index contributed by atoms with van der Waals surface area (Å²) in [4.78, 5) is 15.2. The van der Waals surface area contributed by atoms with Crippen LogP contribution in [0.5, 0.6) is 0 Å². The lowest BCUT2D eigenvalue weighted by molar-refractivity contribution is -0.254. The molecule has 0 N–H and O–H groups in total. The van der Waals surface area contributed by atoms with Gasteiger partial charge in [-0.05, 0) is 12.5 Å². The molecule has 0 aliphatic rings. The molecule has 0 unspecified atom stereocenters. The number of hydrogen-bond acceptors (Lipinski definition) is 5. The number of nitrogens with zero attached hydrogens (tertiary/aromatic N) is 2. The summed E-state index contributed by atoms with van der Waals surface area (Å²) in [6, 6.07) is 6.43. The molecule has 0 amide bonds. The van der Waals surface area contributed by atoms with E-state index in [9.17, 15) is 9.90 Å². The van der Waals surface area contributed by atoms with Crippen LogP contribution >= 0.6 is 0 Å². The van der Waals surface area contributed by atoms with E-state index in [1.807, 2.05) is 0 Å². The summed E-state index contributed by atoms with van der Waals surface area (Å²) in [6.07, 6.45) is 2.74. The smallest absolute Gasteiger partial charge is 0.258 e. The van der Waals surface area contributed by atoms with Crippen LogP contribution in [0.25, 0.3) is 11.5 Å². The molecule has 0 atom stereocenters. The van der Waals surface area contributed by atoms with Crippen molar-refractivity contribution in [2.75, 3.05) is 0 Å². The first-order valence-corrected chi connectivity index (χ1v) is 5.85. The van der Waals surface area contributed by atoms with Crippen LogP contribution in [-0.2, 0) is 6.42 Å². The van der Waals surface area contributed by atoms with Crippen molar-refractivity contribution in [2.45, 2.75) is 26.2 Å². The van der Waals surface area contributed by atoms with Gasteiger partial charge in [0.2, 0.25) is 0 Å². The molecular formula is C13H13N2O3-. The molecule has 5 nitrogen and oxygen atoms in total. The number of aromatic nitrogens is 2. The average molecular weight is 245 g/mol. The minimum absolute atomic E-state index is 0.0585. The molecule has 2 rings (SSSR count). The Hall–Kier alpha value is -2.17. The average Bonchev–Trinajstić information content (AvgIpc) is 2.85. The first-order valence-electron chi connectivity index (χ1n) is 5.85. The highest BCUT2D eigenvalue weighted by molar-refractivity contribution is 5.93. The summed E-state index contributed by atoms with van der Waals surface area (Å²) in [5.74, 6) is -0.431. The van der Waals surface area contributed by atoms with Gasteiger partial charge in [-0.2, -0.15) is 4.98 Å². The number of carboxylic acids is 1. The van der Waals surface area contributed by atoms with Crippen LogP contribution in [0.2, 0.25) is 0 Å². The molecule has 1 heterocycles. The van der Waals surface area contributed by atoms with E-state index < -0.39 is 5.97 Å². The third kappa shape index (κ3) is 2.56. The lowest BCUT2D eigenvalue weighted by Gasteiger charge is -2.05. The van der Waals surface area contributed by atoms with Gasteiger partial charge in [-0.25, -0.2) is 0 Å². The number of rotatable bonds is 5. The third-order valence-corrected chi connectivity index (χ3v) is 2.60. The number of aryl methyl sites for hydroxylation is 1. The van der Waals surface area contributed by atoms with E-state index in [-0.39, 0.29) is 11.5 Å². The normalized spacial score (nSPS) is 10.5. The van der Waals surface area contributed by atoms with E-state index >= 15 is 0 Å². The van der Waals surface area contributed by atoms with Gasteiger partial charge in [0.15, 0.2) is 5.82 Å². The molecule has 0 spiro atoms. The molecule has 0 fully saturated rings. The Bertz CT molecular complexity index is 549. The highest BCUT2D eigenvalue weighted by atomic mass is 16.5. The summed E-state index contributed by atoms with van der Waals surface area (Å²) in [6.45, 7) is 2.08. The second kappa shape index (κ2) is 5.44. The van der Waals surface area contributed by atoms with Crippen molar-refractivity contribution >= 4 is 5.97 Å². The fraction of sp³-hybridized carbons (Fsp3) is 0.308. The molecule has 0 aliphatic carbocycles. The molecule has 0 aliphatic heterocycles. The number of benzene rings is 1. The minimum Gasteiger partial charge on any atom is -0.545 e. The van der Waals surface area contributed by atoms with Crippen molar-refractivity contribution in [3.63, 3.8) is 0 Å². The largest absolute Gasteiger partial charge is 0.545 e. The van der Waals surface area contributed by atoms with Crippen LogP contribution in [0, 0.1) is 0 Å². The molecule has 1 aromatic carbocycles. The molecule has 0 saturated heterocycles. The molecule has 5 heteroatoms. The quantitative estimate of drug-likeness (QED) is 0.796. The van der Waals surface area contributed by atoms with Crippen LogP contribution in [-0.4, -0.2) is 16.1 Å². The first kappa shape index (κ1) is 12.3. The lowest BCUT2D eigenvalue weighted by atomic mass is 10.1. The standard InChI is InChI=1S/C13H14N2O3/c1-2-3-8-11-14-12(18-15-11)9-6-4-5-7-10(9)13(16)17/h4-7H,2-3,8H2,1H3,(H,16,17)/p-1. The Morgan fingerprint density at radius 3 is 2.89 bits per heavy atom. The van der Waals surface area contributed by atoms with E-state index in [2.05, 4.69) is 17.1 Å². The molecule has 0 bridgehead atoms. The molecule has 1 aromatic heterocycles. The van der Waals surface area contributed by atoms with Gasteiger partial charge in [0.05, 0.1) is 5.97 Å². The summed E-state index contributed by atoms with van der Waals surface area (Å²) in [5, 5.41) is 14.8. The molecule has 2 aromatic rings. The van der Waals surface area contributed by atoms with E-state index in [0.29, 0.717) is 11.4 Å². The summed E-state index contributed by atoms with van der Waals surface area (Å²) < 4.78 is 5.09. The van der Waals surface area contributed by atoms with Gasteiger partial charge in [0.25, 0.3) is 5.89 Å². The van der Waals surface area contributed by atoms with Crippen molar-refractivity contribution in [2.24, 2.45) is 0 Å². The summed E-state index contributed by atoms with van der Waals surface area (Å²) in [7, 11) is 0. The fourth-order valence-corrected chi connectivity index (χ4v) is 1.65. The van der Waals surface area contributed by atoms with Gasteiger partial charge >= 0.3 is 0 Å². The van der Waals surface area contributed by atoms with Gasteiger partial charge in [-0.3, -0.25) is 0 Å². The molecule has 0 radical (unpaired) electrons. The molecule has 0 saturated carbocycles. The summed E-state index contributed by atoms with van der Waals surface area (Å²) in [5.41, 5.74) is 0.455. The Morgan fingerprint density at radius 2 is 2.17 bits per heavy atom. The zero-order chi connectivity index (χ0) is 13.0.